The lowest BCUT2D eigenvalue weighted by molar-refractivity contribution is 0.331. The third-order valence-corrected chi connectivity index (χ3v) is 4.65. The molecule has 1 aromatic heterocycles. The number of anilines is 1. The maximum atomic E-state index is 6.01. The molecule has 2 aromatic rings. The number of hydrogen-bond acceptors (Lipinski definition) is 3. The molecule has 1 aromatic carbocycles. The molecule has 0 bridgehead atoms. The van der Waals surface area contributed by atoms with E-state index in [0.717, 1.165) is 37.4 Å². The van der Waals surface area contributed by atoms with E-state index in [2.05, 4.69) is 30.0 Å². The van der Waals surface area contributed by atoms with Gasteiger partial charge in [0.25, 0.3) is 0 Å². The molecule has 0 amide bonds. The first kappa shape index (κ1) is 12.9. The molecule has 110 valence electrons. The Kier molecular flexibility index (Phi) is 3.21. The van der Waals surface area contributed by atoms with Gasteiger partial charge in [-0.25, -0.2) is 0 Å². The van der Waals surface area contributed by atoms with Gasteiger partial charge in [0.2, 0.25) is 0 Å². The normalized spacial score (nSPS) is 17.3. The van der Waals surface area contributed by atoms with Gasteiger partial charge in [-0.1, -0.05) is 13.0 Å². The maximum absolute atomic E-state index is 6.01. The van der Waals surface area contributed by atoms with Crippen molar-refractivity contribution in [3.8, 4) is 5.75 Å². The molecular weight excluding hydrogens is 260 g/mol. The van der Waals surface area contributed by atoms with Crippen molar-refractivity contribution >= 4 is 16.6 Å². The van der Waals surface area contributed by atoms with Crippen LogP contribution >= 0.6 is 0 Å². The van der Waals surface area contributed by atoms with Crippen molar-refractivity contribution in [2.24, 2.45) is 0 Å². The molecule has 2 heterocycles. The number of aromatic nitrogens is 1. The molecule has 1 aliphatic carbocycles. The molecule has 0 atom stereocenters. The second kappa shape index (κ2) is 5.21. The van der Waals surface area contributed by atoms with Gasteiger partial charge < -0.3 is 9.64 Å². The Balaban J connectivity index is 2.04. The third-order valence-electron chi connectivity index (χ3n) is 4.65. The minimum Gasteiger partial charge on any atom is -0.491 e. The SMILES string of the molecule is CCCN1CCOc2cccc3nc4c(c1c23)CCCC4. The van der Waals surface area contributed by atoms with Crippen LogP contribution in [0.3, 0.4) is 0 Å². The van der Waals surface area contributed by atoms with E-state index < -0.39 is 0 Å². The van der Waals surface area contributed by atoms with Crippen molar-refractivity contribution in [1.29, 1.82) is 0 Å². The van der Waals surface area contributed by atoms with Crippen LogP contribution in [0.4, 0.5) is 5.69 Å². The highest BCUT2D eigenvalue weighted by atomic mass is 16.5. The Hall–Kier alpha value is -1.77. The standard InChI is InChI=1S/C18H22N2O/c1-2-10-20-11-12-21-16-9-5-8-15-17(16)18(20)13-6-3-4-7-14(13)19-15/h5,8-9H,2-4,6-7,10-12H2,1H3. The van der Waals surface area contributed by atoms with Gasteiger partial charge in [0.1, 0.15) is 12.4 Å². The largest absolute Gasteiger partial charge is 0.491 e. The highest BCUT2D eigenvalue weighted by Gasteiger charge is 2.25. The average molecular weight is 282 g/mol. The fourth-order valence-corrected chi connectivity index (χ4v) is 3.76. The summed E-state index contributed by atoms with van der Waals surface area (Å²) in [7, 11) is 0. The zero-order chi connectivity index (χ0) is 14.2. The molecule has 21 heavy (non-hydrogen) atoms. The predicted octanol–water partition coefficient (Wildman–Crippen LogP) is 3.72. The molecule has 1 aliphatic heterocycles. The molecule has 0 spiro atoms. The summed E-state index contributed by atoms with van der Waals surface area (Å²) in [5.41, 5.74) is 5.33. The van der Waals surface area contributed by atoms with Crippen LogP contribution in [0.25, 0.3) is 10.9 Å². The topological polar surface area (TPSA) is 25.4 Å². The predicted molar refractivity (Wildman–Crippen MR) is 86.4 cm³/mol. The number of aryl methyl sites for hydroxylation is 1. The minimum atomic E-state index is 0.766. The molecule has 3 nitrogen and oxygen atoms in total. The monoisotopic (exact) mass is 282 g/mol. The first-order valence-corrected chi connectivity index (χ1v) is 8.20. The minimum absolute atomic E-state index is 0.766. The summed E-state index contributed by atoms with van der Waals surface area (Å²) in [5, 5.41) is 1.24. The number of hydrogen-bond donors (Lipinski definition) is 0. The number of rotatable bonds is 2. The maximum Gasteiger partial charge on any atom is 0.130 e. The Morgan fingerprint density at radius 1 is 1.24 bits per heavy atom. The Morgan fingerprint density at radius 2 is 2.14 bits per heavy atom. The van der Waals surface area contributed by atoms with Gasteiger partial charge in [-0.05, 0) is 49.8 Å². The number of benzene rings is 1. The number of ether oxygens (including phenoxy) is 1. The van der Waals surface area contributed by atoms with Crippen molar-refractivity contribution in [2.45, 2.75) is 39.0 Å². The second-order valence-corrected chi connectivity index (χ2v) is 6.08. The Morgan fingerprint density at radius 3 is 3.05 bits per heavy atom. The van der Waals surface area contributed by atoms with Crippen LogP contribution in [0.2, 0.25) is 0 Å². The highest BCUT2D eigenvalue weighted by molar-refractivity contribution is 5.99. The number of fused-ring (bicyclic) bond motifs is 2. The summed E-state index contributed by atoms with van der Waals surface area (Å²) >= 11 is 0. The molecule has 0 radical (unpaired) electrons. The van der Waals surface area contributed by atoms with Gasteiger partial charge in [0, 0.05) is 12.2 Å². The van der Waals surface area contributed by atoms with Crippen LogP contribution in [0, 0.1) is 0 Å². The van der Waals surface area contributed by atoms with Crippen LogP contribution in [0.15, 0.2) is 18.2 Å². The van der Waals surface area contributed by atoms with Crippen molar-refractivity contribution in [3.05, 3.63) is 29.5 Å². The van der Waals surface area contributed by atoms with E-state index in [1.54, 1.807) is 0 Å². The van der Waals surface area contributed by atoms with Crippen molar-refractivity contribution in [1.82, 2.24) is 4.98 Å². The average Bonchev–Trinajstić information content (AvgIpc) is 2.70. The molecule has 3 heteroatoms. The number of nitrogens with zero attached hydrogens (tertiary/aromatic N) is 2. The fraction of sp³-hybridized carbons (Fsp3) is 0.500. The van der Waals surface area contributed by atoms with Crippen LogP contribution < -0.4 is 9.64 Å². The van der Waals surface area contributed by atoms with E-state index in [4.69, 9.17) is 9.72 Å². The van der Waals surface area contributed by atoms with Gasteiger partial charge in [-0.2, -0.15) is 0 Å². The summed E-state index contributed by atoms with van der Waals surface area (Å²) in [5.74, 6) is 1.02. The van der Waals surface area contributed by atoms with Gasteiger partial charge in [0.15, 0.2) is 0 Å². The van der Waals surface area contributed by atoms with Gasteiger partial charge in [-0.3, -0.25) is 4.98 Å². The molecular formula is C18H22N2O. The van der Waals surface area contributed by atoms with Crippen molar-refractivity contribution < 1.29 is 4.74 Å². The molecule has 0 saturated carbocycles. The third kappa shape index (κ3) is 2.06. The van der Waals surface area contributed by atoms with E-state index in [1.165, 1.54) is 48.0 Å². The summed E-state index contributed by atoms with van der Waals surface area (Å²) in [6, 6.07) is 6.30. The number of pyridine rings is 1. The molecule has 0 unspecified atom stereocenters. The summed E-state index contributed by atoms with van der Waals surface area (Å²) in [4.78, 5) is 7.48. The second-order valence-electron chi connectivity index (χ2n) is 6.08. The smallest absolute Gasteiger partial charge is 0.130 e. The van der Waals surface area contributed by atoms with Crippen molar-refractivity contribution in [3.63, 3.8) is 0 Å². The fourth-order valence-electron chi connectivity index (χ4n) is 3.76. The van der Waals surface area contributed by atoms with E-state index >= 15 is 0 Å². The van der Waals surface area contributed by atoms with Crippen LogP contribution in [-0.4, -0.2) is 24.7 Å². The van der Waals surface area contributed by atoms with Gasteiger partial charge in [0.05, 0.1) is 23.1 Å². The van der Waals surface area contributed by atoms with E-state index in [1.807, 2.05) is 0 Å². The van der Waals surface area contributed by atoms with Gasteiger partial charge in [-0.15, -0.1) is 0 Å². The molecule has 2 aliphatic rings. The molecule has 0 N–H and O–H groups in total. The molecule has 0 saturated heterocycles. The highest BCUT2D eigenvalue weighted by Crippen LogP contribution is 2.41. The zero-order valence-electron chi connectivity index (χ0n) is 12.7. The lowest BCUT2D eigenvalue weighted by atomic mass is 9.92. The van der Waals surface area contributed by atoms with E-state index in [0.29, 0.717) is 0 Å². The van der Waals surface area contributed by atoms with Crippen LogP contribution in [0.5, 0.6) is 5.75 Å². The Bertz CT molecular complexity index is 680. The molecule has 4 rings (SSSR count). The van der Waals surface area contributed by atoms with E-state index in [9.17, 15) is 0 Å². The summed E-state index contributed by atoms with van der Waals surface area (Å²) in [6.07, 6.45) is 6.03. The van der Waals surface area contributed by atoms with Crippen molar-refractivity contribution in [2.75, 3.05) is 24.6 Å². The quantitative estimate of drug-likeness (QED) is 0.839. The Labute approximate surface area is 125 Å². The van der Waals surface area contributed by atoms with Gasteiger partial charge >= 0.3 is 0 Å². The summed E-state index contributed by atoms with van der Waals surface area (Å²) < 4.78 is 6.01. The van der Waals surface area contributed by atoms with Crippen LogP contribution in [0.1, 0.15) is 37.4 Å². The zero-order valence-corrected chi connectivity index (χ0v) is 12.7. The van der Waals surface area contributed by atoms with E-state index in [-0.39, 0.29) is 0 Å². The van der Waals surface area contributed by atoms with Crippen LogP contribution in [-0.2, 0) is 12.8 Å². The molecule has 0 fully saturated rings. The lowest BCUT2D eigenvalue weighted by Gasteiger charge is -2.28. The summed E-state index contributed by atoms with van der Waals surface area (Å²) in [6.45, 7) is 5.10. The first-order valence-electron chi connectivity index (χ1n) is 8.20. The first-order chi connectivity index (χ1) is 10.4. The lowest BCUT2D eigenvalue weighted by Crippen LogP contribution is -2.29.